The maximum Gasteiger partial charge on any atom is 0.160 e. The predicted octanol–water partition coefficient (Wildman–Crippen LogP) is 1.03. The molecule has 5 heteroatoms. The maximum absolute atomic E-state index is 11.4. The second-order valence-electron chi connectivity index (χ2n) is 4.37. The first kappa shape index (κ1) is 10.7. The fourth-order valence-electron chi connectivity index (χ4n) is 2.17. The molecule has 4 nitrogen and oxygen atoms in total. The molecule has 0 aliphatic carbocycles. The highest BCUT2D eigenvalue weighted by atomic mass is 32.2. The van der Waals surface area contributed by atoms with Crippen LogP contribution in [0.5, 0.6) is 0 Å². The summed E-state index contributed by atoms with van der Waals surface area (Å²) in [4.78, 5) is 3.21. The van der Waals surface area contributed by atoms with Crippen molar-refractivity contribution in [3.8, 4) is 0 Å². The Hall–Kier alpha value is -0.810. The van der Waals surface area contributed by atoms with Gasteiger partial charge in [-0.25, -0.2) is 8.42 Å². The van der Waals surface area contributed by atoms with Crippen LogP contribution in [-0.2, 0) is 27.9 Å². The summed E-state index contributed by atoms with van der Waals surface area (Å²) in [6, 6.07) is 0. The zero-order chi connectivity index (χ0) is 11.2. The second kappa shape index (κ2) is 3.35. The van der Waals surface area contributed by atoms with Crippen LogP contribution in [0.15, 0.2) is 0 Å². The summed E-state index contributed by atoms with van der Waals surface area (Å²) in [5.74, 6) is 0.650. The van der Waals surface area contributed by atoms with E-state index in [4.69, 9.17) is 5.73 Å². The van der Waals surface area contributed by atoms with E-state index in [1.165, 1.54) is 0 Å². The van der Waals surface area contributed by atoms with Gasteiger partial charge in [-0.1, -0.05) is 13.8 Å². The standard InChI is InChI=1S/C10H16N2O2S/c1-6(2)10-7(3-11)8-4-15(13,14)5-9(8)12-10/h6,12H,3-5,11H2,1-2H3. The average Bonchev–Trinajstić information content (AvgIpc) is 2.55. The zero-order valence-corrected chi connectivity index (χ0v) is 9.82. The molecular weight excluding hydrogens is 212 g/mol. The highest BCUT2D eigenvalue weighted by Gasteiger charge is 2.30. The molecule has 0 spiro atoms. The van der Waals surface area contributed by atoms with E-state index in [9.17, 15) is 8.42 Å². The molecule has 1 aromatic heterocycles. The molecule has 1 aliphatic heterocycles. The van der Waals surface area contributed by atoms with Crippen molar-refractivity contribution in [2.24, 2.45) is 5.73 Å². The van der Waals surface area contributed by atoms with Crippen molar-refractivity contribution in [1.82, 2.24) is 4.98 Å². The molecular formula is C10H16N2O2S. The Morgan fingerprint density at radius 3 is 2.60 bits per heavy atom. The molecule has 0 fully saturated rings. The first-order valence-electron chi connectivity index (χ1n) is 5.07. The number of aromatic nitrogens is 1. The van der Waals surface area contributed by atoms with Crippen LogP contribution in [-0.4, -0.2) is 13.4 Å². The molecule has 2 rings (SSSR count). The van der Waals surface area contributed by atoms with E-state index in [-0.39, 0.29) is 11.5 Å². The lowest BCUT2D eigenvalue weighted by atomic mass is 10.0. The van der Waals surface area contributed by atoms with Gasteiger partial charge in [-0.05, 0) is 17.0 Å². The number of rotatable bonds is 2. The highest BCUT2D eigenvalue weighted by molar-refractivity contribution is 7.90. The number of sulfone groups is 1. The van der Waals surface area contributed by atoms with Gasteiger partial charge < -0.3 is 10.7 Å². The summed E-state index contributed by atoms with van der Waals surface area (Å²) in [5, 5.41) is 0. The Morgan fingerprint density at radius 1 is 1.40 bits per heavy atom. The van der Waals surface area contributed by atoms with Crippen molar-refractivity contribution < 1.29 is 8.42 Å². The summed E-state index contributed by atoms with van der Waals surface area (Å²) in [6.45, 7) is 4.57. The molecule has 0 atom stereocenters. The normalized spacial score (nSPS) is 18.4. The Morgan fingerprint density at radius 2 is 2.07 bits per heavy atom. The van der Waals surface area contributed by atoms with Crippen LogP contribution in [0.3, 0.4) is 0 Å². The summed E-state index contributed by atoms with van der Waals surface area (Å²) in [5.41, 5.74) is 9.54. The van der Waals surface area contributed by atoms with Gasteiger partial charge in [0.15, 0.2) is 9.84 Å². The van der Waals surface area contributed by atoms with Crippen molar-refractivity contribution in [2.45, 2.75) is 37.8 Å². The number of hydrogen-bond acceptors (Lipinski definition) is 3. The highest BCUT2D eigenvalue weighted by Crippen LogP contribution is 2.32. The molecule has 0 bridgehead atoms. The van der Waals surface area contributed by atoms with Crippen molar-refractivity contribution in [1.29, 1.82) is 0 Å². The summed E-state index contributed by atoms with van der Waals surface area (Å²) in [6.07, 6.45) is 0. The van der Waals surface area contributed by atoms with E-state index in [1.54, 1.807) is 0 Å². The molecule has 1 aromatic rings. The number of hydrogen-bond donors (Lipinski definition) is 2. The van der Waals surface area contributed by atoms with E-state index in [2.05, 4.69) is 18.8 Å². The third-order valence-corrected chi connectivity index (χ3v) is 4.31. The molecule has 0 amide bonds. The monoisotopic (exact) mass is 228 g/mol. The van der Waals surface area contributed by atoms with Crippen molar-refractivity contribution in [3.63, 3.8) is 0 Å². The van der Waals surface area contributed by atoms with Gasteiger partial charge in [-0.15, -0.1) is 0 Å². The van der Waals surface area contributed by atoms with Crippen LogP contribution in [0.1, 0.15) is 42.3 Å². The van der Waals surface area contributed by atoms with E-state index < -0.39 is 9.84 Å². The molecule has 0 unspecified atom stereocenters. The van der Waals surface area contributed by atoms with Gasteiger partial charge in [0, 0.05) is 17.9 Å². The predicted molar refractivity (Wildman–Crippen MR) is 59.1 cm³/mol. The van der Waals surface area contributed by atoms with E-state index in [0.717, 1.165) is 22.5 Å². The topological polar surface area (TPSA) is 76.0 Å². The van der Waals surface area contributed by atoms with Gasteiger partial charge in [0.25, 0.3) is 0 Å². The SMILES string of the molecule is CC(C)c1[nH]c2c(c1CN)CS(=O)(=O)C2. The second-order valence-corrected chi connectivity index (χ2v) is 6.43. The number of nitrogens with two attached hydrogens (primary N) is 1. The quantitative estimate of drug-likeness (QED) is 0.793. The van der Waals surface area contributed by atoms with E-state index in [1.807, 2.05) is 0 Å². The molecule has 0 saturated heterocycles. The van der Waals surface area contributed by atoms with Crippen LogP contribution in [0.25, 0.3) is 0 Å². The lowest BCUT2D eigenvalue weighted by Gasteiger charge is -2.07. The Bertz CT molecular complexity index is 486. The largest absolute Gasteiger partial charge is 0.361 e. The lowest BCUT2D eigenvalue weighted by molar-refractivity contribution is 0.597. The number of H-pyrrole nitrogens is 1. The lowest BCUT2D eigenvalue weighted by Crippen LogP contribution is -2.06. The van der Waals surface area contributed by atoms with Gasteiger partial charge >= 0.3 is 0 Å². The third-order valence-electron chi connectivity index (χ3n) is 2.85. The van der Waals surface area contributed by atoms with Crippen LogP contribution in [0.4, 0.5) is 0 Å². The Balaban J connectivity index is 2.53. The minimum atomic E-state index is -2.92. The van der Waals surface area contributed by atoms with Gasteiger partial charge in [0.1, 0.15) is 0 Å². The molecule has 2 heterocycles. The summed E-state index contributed by atoms with van der Waals surface area (Å²) < 4.78 is 22.9. The zero-order valence-electron chi connectivity index (χ0n) is 9.00. The molecule has 0 radical (unpaired) electrons. The van der Waals surface area contributed by atoms with Crippen LogP contribution in [0, 0.1) is 0 Å². The van der Waals surface area contributed by atoms with Crippen LogP contribution >= 0.6 is 0 Å². The third kappa shape index (κ3) is 1.70. The van der Waals surface area contributed by atoms with Gasteiger partial charge in [-0.3, -0.25) is 0 Å². The minimum absolute atomic E-state index is 0.141. The average molecular weight is 228 g/mol. The van der Waals surface area contributed by atoms with E-state index >= 15 is 0 Å². The molecule has 0 saturated carbocycles. The molecule has 3 N–H and O–H groups in total. The smallest absolute Gasteiger partial charge is 0.160 e. The van der Waals surface area contributed by atoms with Gasteiger partial charge in [0.05, 0.1) is 11.5 Å². The Kier molecular flexibility index (Phi) is 2.39. The fraction of sp³-hybridized carbons (Fsp3) is 0.600. The molecule has 15 heavy (non-hydrogen) atoms. The van der Waals surface area contributed by atoms with E-state index in [0.29, 0.717) is 12.5 Å². The minimum Gasteiger partial charge on any atom is -0.361 e. The number of nitrogens with one attached hydrogen (secondary N) is 1. The molecule has 84 valence electrons. The summed E-state index contributed by atoms with van der Waals surface area (Å²) >= 11 is 0. The maximum atomic E-state index is 11.4. The van der Waals surface area contributed by atoms with Crippen molar-refractivity contribution >= 4 is 9.84 Å². The van der Waals surface area contributed by atoms with Crippen LogP contribution < -0.4 is 5.73 Å². The van der Waals surface area contributed by atoms with Gasteiger partial charge in [0.2, 0.25) is 0 Å². The number of fused-ring (bicyclic) bond motifs is 1. The van der Waals surface area contributed by atoms with Crippen molar-refractivity contribution in [2.75, 3.05) is 0 Å². The Labute approximate surface area is 89.8 Å². The van der Waals surface area contributed by atoms with Crippen LogP contribution in [0.2, 0.25) is 0 Å². The van der Waals surface area contributed by atoms with Gasteiger partial charge in [-0.2, -0.15) is 0 Å². The first-order chi connectivity index (χ1) is 6.94. The number of aromatic amines is 1. The van der Waals surface area contributed by atoms with Crippen molar-refractivity contribution in [3.05, 3.63) is 22.5 Å². The fourth-order valence-corrected chi connectivity index (χ4v) is 3.75. The molecule has 1 aliphatic rings. The molecule has 0 aromatic carbocycles. The summed E-state index contributed by atoms with van der Waals surface area (Å²) in [7, 11) is -2.92. The first-order valence-corrected chi connectivity index (χ1v) is 6.89.